The molecule has 5 nitrogen and oxygen atoms in total. The van der Waals surface area contributed by atoms with Gasteiger partial charge in [-0.15, -0.1) is 0 Å². The number of thioether (sulfide) groups is 1. The van der Waals surface area contributed by atoms with E-state index in [1.165, 1.54) is 11.8 Å². The van der Waals surface area contributed by atoms with Crippen LogP contribution >= 0.6 is 24.0 Å². The molecule has 0 aromatic heterocycles. The van der Waals surface area contributed by atoms with Crippen LogP contribution in [0.15, 0.2) is 0 Å². The van der Waals surface area contributed by atoms with E-state index in [9.17, 15) is 17.8 Å². The van der Waals surface area contributed by atoms with Gasteiger partial charge >= 0.3 is 51.4 Å². The molecule has 1 aliphatic rings. The Bertz CT molecular complexity index is 325. The van der Waals surface area contributed by atoms with Gasteiger partial charge in [-0.05, 0) is 0 Å². The van der Waals surface area contributed by atoms with Crippen molar-refractivity contribution in [2.24, 2.45) is 0 Å². The van der Waals surface area contributed by atoms with E-state index in [0.717, 1.165) is 4.90 Å². The molecule has 0 radical (unpaired) electrons. The predicted octanol–water partition coefficient (Wildman–Crippen LogP) is -3.60. The van der Waals surface area contributed by atoms with Crippen LogP contribution < -0.4 is 51.4 Å². The molecule has 1 amide bonds. The molecule has 1 aliphatic heterocycles. The van der Waals surface area contributed by atoms with Crippen molar-refractivity contribution in [1.29, 1.82) is 0 Å². The maximum Gasteiger partial charge on any atom is 1.00 e. The van der Waals surface area contributed by atoms with E-state index in [-0.39, 0.29) is 69.6 Å². The van der Waals surface area contributed by atoms with Crippen molar-refractivity contribution in [2.45, 2.75) is 0 Å². The zero-order valence-electron chi connectivity index (χ0n) is 7.43. The Morgan fingerprint density at radius 1 is 1.57 bits per heavy atom. The minimum Gasteiger partial charge on any atom is -0.748 e. The van der Waals surface area contributed by atoms with Crippen LogP contribution in [0, 0.1) is 0 Å². The number of carbonyl (C=O) groups is 1. The molecule has 1 heterocycles. The quantitative estimate of drug-likeness (QED) is 0.302. The third-order valence-corrected chi connectivity index (χ3v) is 3.52. The van der Waals surface area contributed by atoms with Crippen LogP contribution in [0.5, 0.6) is 0 Å². The summed E-state index contributed by atoms with van der Waals surface area (Å²) in [5, 5.41) is 0. The Hall–Kier alpha value is 1.46. The average molecular weight is 279 g/mol. The fourth-order valence-electron chi connectivity index (χ4n) is 0.800. The summed E-state index contributed by atoms with van der Waals surface area (Å²) >= 11 is 5.95. The molecule has 0 saturated carbocycles. The van der Waals surface area contributed by atoms with Crippen LogP contribution in [0.4, 0.5) is 0 Å². The van der Waals surface area contributed by atoms with Gasteiger partial charge in [0.1, 0.15) is 4.32 Å². The summed E-state index contributed by atoms with van der Waals surface area (Å²) in [5.41, 5.74) is 0. The second-order valence-electron chi connectivity index (χ2n) is 2.36. The Morgan fingerprint density at radius 2 is 2.14 bits per heavy atom. The van der Waals surface area contributed by atoms with Gasteiger partial charge in [0.15, 0.2) is 0 Å². The first-order valence-corrected chi connectivity index (χ1v) is 6.28. The van der Waals surface area contributed by atoms with Crippen molar-refractivity contribution >= 4 is 44.3 Å². The van der Waals surface area contributed by atoms with Crippen LogP contribution in [0.1, 0.15) is 0 Å². The minimum absolute atomic E-state index is 0. The number of nitrogens with zero attached hydrogens (tertiary/aromatic N) is 1. The first kappa shape index (κ1) is 15.5. The maximum atomic E-state index is 11.0. The molecule has 1 fully saturated rings. The van der Waals surface area contributed by atoms with Crippen LogP contribution in [-0.4, -0.2) is 46.1 Å². The van der Waals surface area contributed by atoms with E-state index in [1.807, 2.05) is 0 Å². The molecule has 0 spiro atoms. The maximum absolute atomic E-state index is 11.0. The van der Waals surface area contributed by atoms with Gasteiger partial charge < -0.3 is 4.55 Å². The van der Waals surface area contributed by atoms with Gasteiger partial charge in [0.25, 0.3) is 0 Å². The monoisotopic (exact) mass is 279 g/mol. The van der Waals surface area contributed by atoms with Crippen molar-refractivity contribution in [2.75, 3.05) is 18.1 Å². The molecule has 74 valence electrons. The molecule has 1 rings (SSSR count). The molecule has 0 aliphatic carbocycles. The second kappa shape index (κ2) is 6.26. The molecular weight excluding hydrogens is 273 g/mol. The SMILES string of the molecule is O=C1CSC(=S)N1CCS(=O)(=O)[O-].[K+]. The zero-order chi connectivity index (χ0) is 10.1. The second-order valence-corrected chi connectivity index (χ2v) is 5.49. The van der Waals surface area contributed by atoms with Crippen LogP contribution in [0.3, 0.4) is 0 Å². The summed E-state index contributed by atoms with van der Waals surface area (Å²) in [7, 11) is -4.27. The van der Waals surface area contributed by atoms with E-state index in [2.05, 4.69) is 0 Å². The third-order valence-electron chi connectivity index (χ3n) is 1.41. The molecular formula is C5H6KNO4S3. The molecule has 9 heteroatoms. The van der Waals surface area contributed by atoms with Crippen molar-refractivity contribution in [1.82, 2.24) is 4.90 Å². The Kier molecular flexibility index (Phi) is 6.91. The topological polar surface area (TPSA) is 77.5 Å². The van der Waals surface area contributed by atoms with Gasteiger partial charge in [-0.25, -0.2) is 8.42 Å². The van der Waals surface area contributed by atoms with Crippen molar-refractivity contribution in [3.05, 3.63) is 0 Å². The molecule has 0 N–H and O–H groups in total. The van der Waals surface area contributed by atoms with Gasteiger partial charge in [-0.3, -0.25) is 9.69 Å². The van der Waals surface area contributed by atoms with Gasteiger partial charge in [0.05, 0.1) is 21.6 Å². The summed E-state index contributed by atoms with van der Waals surface area (Å²) in [5.74, 6) is -0.587. The molecule has 0 atom stereocenters. The van der Waals surface area contributed by atoms with Crippen molar-refractivity contribution in [3.8, 4) is 0 Å². The van der Waals surface area contributed by atoms with Crippen LogP contribution in [0.25, 0.3) is 0 Å². The Morgan fingerprint density at radius 3 is 2.50 bits per heavy atom. The molecule has 0 aromatic rings. The third kappa shape index (κ3) is 4.99. The fraction of sp³-hybridized carbons (Fsp3) is 0.600. The summed E-state index contributed by atoms with van der Waals surface area (Å²) in [6, 6.07) is 0. The normalized spacial score (nSPS) is 17.1. The van der Waals surface area contributed by atoms with Gasteiger partial charge in [-0.1, -0.05) is 24.0 Å². The number of thiocarbonyl (C=S) groups is 1. The average Bonchev–Trinajstić information content (AvgIpc) is 2.27. The van der Waals surface area contributed by atoms with Gasteiger partial charge in [0, 0.05) is 6.54 Å². The first-order chi connectivity index (χ1) is 5.90. The smallest absolute Gasteiger partial charge is 0.748 e. The minimum atomic E-state index is -4.27. The number of amides is 1. The van der Waals surface area contributed by atoms with Crippen molar-refractivity contribution in [3.63, 3.8) is 0 Å². The van der Waals surface area contributed by atoms with E-state index in [0.29, 0.717) is 4.32 Å². The van der Waals surface area contributed by atoms with Gasteiger partial charge in [0.2, 0.25) is 5.91 Å². The number of rotatable bonds is 3. The van der Waals surface area contributed by atoms with E-state index >= 15 is 0 Å². The number of carbonyl (C=O) groups excluding carboxylic acids is 1. The summed E-state index contributed by atoms with van der Waals surface area (Å²) in [6.07, 6.45) is 0. The largest absolute Gasteiger partial charge is 1.00 e. The Labute approximate surface area is 134 Å². The molecule has 0 aromatic carbocycles. The molecule has 0 bridgehead atoms. The predicted molar refractivity (Wildman–Crippen MR) is 51.3 cm³/mol. The van der Waals surface area contributed by atoms with Gasteiger partial charge in [-0.2, -0.15) is 0 Å². The van der Waals surface area contributed by atoms with Crippen LogP contribution in [0.2, 0.25) is 0 Å². The Balaban J connectivity index is 0.00000169. The first-order valence-electron chi connectivity index (χ1n) is 3.31. The summed E-state index contributed by atoms with van der Waals surface area (Å²) in [4.78, 5) is 12.2. The summed E-state index contributed by atoms with van der Waals surface area (Å²) in [6.45, 7) is -0.128. The van der Waals surface area contributed by atoms with E-state index < -0.39 is 15.9 Å². The van der Waals surface area contributed by atoms with Crippen LogP contribution in [-0.2, 0) is 14.9 Å². The van der Waals surface area contributed by atoms with E-state index in [4.69, 9.17) is 12.2 Å². The summed E-state index contributed by atoms with van der Waals surface area (Å²) < 4.78 is 31.1. The standard InChI is InChI=1S/C5H7NO4S3.K/c7-4-3-12-5(11)6(4)1-2-13(8,9)10;/h1-3H2,(H,8,9,10);/q;+1/p-1. The zero-order valence-corrected chi connectivity index (χ0v) is 13.0. The molecule has 0 unspecified atom stereocenters. The fourth-order valence-corrected chi connectivity index (χ4v) is 2.33. The number of hydrogen-bond donors (Lipinski definition) is 0. The number of hydrogen-bond acceptors (Lipinski definition) is 6. The van der Waals surface area contributed by atoms with E-state index in [1.54, 1.807) is 0 Å². The van der Waals surface area contributed by atoms with Crippen molar-refractivity contribution < 1.29 is 69.1 Å². The molecule has 14 heavy (non-hydrogen) atoms. The molecule has 1 saturated heterocycles.